The van der Waals surface area contributed by atoms with Gasteiger partial charge in [0, 0.05) is 29.0 Å². The number of aromatic nitrogens is 2. The summed E-state index contributed by atoms with van der Waals surface area (Å²) in [7, 11) is 0. The molecule has 1 atom stereocenters. The van der Waals surface area contributed by atoms with E-state index < -0.39 is 5.97 Å². The molecule has 0 spiro atoms. The number of carbonyl (C=O) groups is 1. The lowest BCUT2D eigenvalue weighted by Crippen LogP contribution is -2.09. The average Bonchev–Trinajstić information content (AvgIpc) is 2.37. The third-order valence-corrected chi connectivity index (χ3v) is 3.06. The first-order valence-electron chi connectivity index (χ1n) is 5.40. The zero-order valence-corrected chi connectivity index (χ0v) is 11.0. The van der Waals surface area contributed by atoms with Gasteiger partial charge in [0.15, 0.2) is 0 Å². The maximum atomic E-state index is 11.0. The van der Waals surface area contributed by atoms with Crippen LogP contribution in [0.1, 0.15) is 23.6 Å². The van der Waals surface area contributed by atoms with E-state index in [0.29, 0.717) is 5.69 Å². The molecule has 1 aromatic carbocycles. The summed E-state index contributed by atoms with van der Waals surface area (Å²) in [5, 5.41) is 9.02. The Morgan fingerprint density at radius 1 is 1.39 bits per heavy atom. The number of halogens is 1. The van der Waals surface area contributed by atoms with Crippen LogP contribution in [0.25, 0.3) is 0 Å². The molecule has 0 aliphatic heterocycles. The molecule has 2 rings (SSSR count). The summed E-state index contributed by atoms with van der Waals surface area (Å²) in [6, 6.07) is 7.58. The molecule has 4 nitrogen and oxygen atoms in total. The van der Waals surface area contributed by atoms with Crippen LogP contribution in [0.4, 0.5) is 0 Å². The Bertz CT molecular complexity index is 546. The first-order chi connectivity index (χ1) is 8.66. The zero-order valence-electron chi connectivity index (χ0n) is 9.45. The Hall–Kier alpha value is -1.75. The highest BCUT2D eigenvalue weighted by Crippen LogP contribution is 2.27. The van der Waals surface area contributed by atoms with Crippen LogP contribution in [-0.4, -0.2) is 21.0 Å². The summed E-state index contributed by atoms with van der Waals surface area (Å²) >= 11 is 3.39. The van der Waals surface area contributed by atoms with Crippen LogP contribution in [0.5, 0.6) is 0 Å². The fourth-order valence-corrected chi connectivity index (χ4v) is 2.20. The van der Waals surface area contributed by atoms with Gasteiger partial charge >= 0.3 is 5.97 Å². The van der Waals surface area contributed by atoms with Crippen molar-refractivity contribution in [2.75, 3.05) is 0 Å². The highest BCUT2D eigenvalue weighted by atomic mass is 79.9. The van der Waals surface area contributed by atoms with Crippen LogP contribution in [0, 0.1) is 0 Å². The first kappa shape index (κ1) is 12.7. The van der Waals surface area contributed by atoms with Crippen molar-refractivity contribution >= 4 is 21.9 Å². The van der Waals surface area contributed by atoms with E-state index in [0.717, 1.165) is 10.0 Å². The minimum atomic E-state index is -0.856. The Kier molecular flexibility index (Phi) is 4.04. The summed E-state index contributed by atoms with van der Waals surface area (Å²) in [6.45, 7) is 0. The standard InChI is InChI=1S/C13H11BrN2O2/c14-10-3-1-2-9(6-10)11(7-13(17)18)12-8-15-4-5-16-12/h1-6,8,11H,7H2,(H,17,18). The van der Waals surface area contributed by atoms with E-state index in [1.165, 1.54) is 0 Å². The van der Waals surface area contributed by atoms with E-state index in [9.17, 15) is 4.79 Å². The Labute approximate surface area is 113 Å². The second-order valence-corrected chi connectivity index (χ2v) is 4.75. The molecule has 1 aromatic heterocycles. The topological polar surface area (TPSA) is 63.1 Å². The van der Waals surface area contributed by atoms with E-state index in [1.54, 1.807) is 18.6 Å². The maximum Gasteiger partial charge on any atom is 0.304 e. The van der Waals surface area contributed by atoms with Gasteiger partial charge in [0.2, 0.25) is 0 Å². The normalized spacial score (nSPS) is 12.1. The van der Waals surface area contributed by atoms with Gasteiger partial charge in [-0.2, -0.15) is 0 Å². The van der Waals surface area contributed by atoms with Crippen LogP contribution < -0.4 is 0 Å². The molecule has 5 heteroatoms. The minimum absolute atomic E-state index is 0.00481. The Morgan fingerprint density at radius 3 is 2.83 bits per heavy atom. The lowest BCUT2D eigenvalue weighted by Gasteiger charge is -2.14. The summed E-state index contributed by atoms with van der Waals surface area (Å²) in [5.41, 5.74) is 1.57. The van der Waals surface area contributed by atoms with E-state index in [1.807, 2.05) is 24.3 Å². The number of carboxylic acids is 1. The van der Waals surface area contributed by atoms with Crippen molar-refractivity contribution < 1.29 is 9.90 Å². The van der Waals surface area contributed by atoms with Crippen molar-refractivity contribution in [2.24, 2.45) is 0 Å². The van der Waals surface area contributed by atoms with Crippen molar-refractivity contribution in [1.29, 1.82) is 0 Å². The molecule has 0 fully saturated rings. The van der Waals surface area contributed by atoms with Gasteiger partial charge in [-0.1, -0.05) is 28.1 Å². The molecule has 2 aromatic rings. The van der Waals surface area contributed by atoms with Crippen LogP contribution in [-0.2, 0) is 4.79 Å². The molecule has 0 bridgehead atoms. The molecule has 92 valence electrons. The Balaban J connectivity index is 2.40. The predicted molar refractivity (Wildman–Crippen MR) is 70.3 cm³/mol. The van der Waals surface area contributed by atoms with Gasteiger partial charge in [0.1, 0.15) is 0 Å². The molecule has 0 aliphatic rings. The van der Waals surface area contributed by atoms with Crippen LogP contribution >= 0.6 is 15.9 Å². The molecule has 0 radical (unpaired) electrons. The van der Waals surface area contributed by atoms with E-state index in [2.05, 4.69) is 25.9 Å². The molecule has 0 saturated carbocycles. The monoisotopic (exact) mass is 306 g/mol. The van der Waals surface area contributed by atoms with Crippen molar-refractivity contribution in [3.05, 3.63) is 58.6 Å². The minimum Gasteiger partial charge on any atom is -0.481 e. The average molecular weight is 307 g/mol. The smallest absolute Gasteiger partial charge is 0.304 e. The van der Waals surface area contributed by atoms with Crippen LogP contribution in [0.15, 0.2) is 47.3 Å². The number of carboxylic acid groups (broad SMARTS) is 1. The number of benzene rings is 1. The van der Waals surface area contributed by atoms with E-state index >= 15 is 0 Å². The van der Waals surface area contributed by atoms with Gasteiger partial charge in [0.25, 0.3) is 0 Å². The fourth-order valence-electron chi connectivity index (χ4n) is 1.78. The maximum absolute atomic E-state index is 11.0. The third-order valence-electron chi connectivity index (χ3n) is 2.57. The lowest BCUT2D eigenvalue weighted by molar-refractivity contribution is -0.137. The lowest BCUT2D eigenvalue weighted by atomic mass is 9.93. The van der Waals surface area contributed by atoms with Gasteiger partial charge in [-0.3, -0.25) is 14.8 Å². The molecule has 1 N–H and O–H groups in total. The molecule has 1 heterocycles. The van der Waals surface area contributed by atoms with Gasteiger partial charge < -0.3 is 5.11 Å². The van der Waals surface area contributed by atoms with Crippen molar-refractivity contribution in [3.8, 4) is 0 Å². The molecule has 0 aliphatic carbocycles. The van der Waals surface area contributed by atoms with Gasteiger partial charge in [-0.25, -0.2) is 0 Å². The van der Waals surface area contributed by atoms with E-state index in [4.69, 9.17) is 5.11 Å². The second kappa shape index (κ2) is 5.73. The van der Waals surface area contributed by atoms with Crippen LogP contribution in [0.2, 0.25) is 0 Å². The van der Waals surface area contributed by atoms with Crippen molar-refractivity contribution in [1.82, 2.24) is 9.97 Å². The SMILES string of the molecule is O=C(O)CC(c1cccc(Br)c1)c1cnccn1. The van der Waals surface area contributed by atoms with E-state index in [-0.39, 0.29) is 12.3 Å². The number of hydrogen-bond donors (Lipinski definition) is 1. The number of hydrogen-bond acceptors (Lipinski definition) is 3. The summed E-state index contributed by atoms with van der Waals surface area (Å²) in [5.74, 6) is -1.14. The third kappa shape index (κ3) is 3.13. The Morgan fingerprint density at radius 2 is 2.22 bits per heavy atom. The molecule has 0 amide bonds. The molecule has 1 unspecified atom stereocenters. The summed E-state index contributed by atoms with van der Waals surface area (Å²) in [6.07, 6.45) is 4.74. The van der Waals surface area contributed by atoms with Gasteiger partial charge in [-0.05, 0) is 17.7 Å². The highest BCUT2D eigenvalue weighted by Gasteiger charge is 2.19. The summed E-state index contributed by atoms with van der Waals surface area (Å²) in [4.78, 5) is 19.2. The molecule has 18 heavy (non-hydrogen) atoms. The molecular formula is C13H11BrN2O2. The first-order valence-corrected chi connectivity index (χ1v) is 6.19. The largest absolute Gasteiger partial charge is 0.481 e. The summed E-state index contributed by atoms with van der Waals surface area (Å²) < 4.78 is 0.916. The van der Waals surface area contributed by atoms with Crippen molar-refractivity contribution in [3.63, 3.8) is 0 Å². The highest BCUT2D eigenvalue weighted by molar-refractivity contribution is 9.10. The molecule has 0 saturated heterocycles. The van der Waals surface area contributed by atoms with Gasteiger partial charge in [-0.15, -0.1) is 0 Å². The second-order valence-electron chi connectivity index (χ2n) is 3.84. The molecular weight excluding hydrogens is 296 g/mol. The van der Waals surface area contributed by atoms with Gasteiger partial charge in [0.05, 0.1) is 12.1 Å². The number of nitrogens with zero attached hydrogens (tertiary/aromatic N) is 2. The quantitative estimate of drug-likeness (QED) is 0.943. The zero-order chi connectivity index (χ0) is 13.0. The predicted octanol–water partition coefficient (Wildman–Crippen LogP) is 2.85. The number of aliphatic carboxylic acids is 1. The number of rotatable bonds is 4. The van der Waals surface area contributed by atoms with Crippen molar-refractivity contribution in [2.45, 2.75) is 12.3 Å². The van der Waals surface area contributed by atoms with Crippen LogP contribution in [0.3, 0.4) is 0 Å². The fraction of sp³-hybridized carbons (Fsp3) is 0.154.